The van der Waals surface area contributed by atoms with Gasteiger partial charge in [-0.1, -0.05) is 11.6 Å². The Bertz CT molecular complexity index is 585. The fraction of sp³-hybridized carbons (Fsp3) is 0.562. The van der Waals surface area contributed by atoms with Crippen LogP contribution in [-0.2, 0) is 15.7 Å². The largest absolute Gasteiger partial charge is 0.417 e. The quantitative estimate of drug-likeness (QED) is 0.883. The van der Waals surface area contributed by atoms with Crippen molar-refractivity contribution >= 4 is 23.2 Å². The molecule has 4 nitrogen and oxygen atoms in total. The zero-order valence-corrected chi connectivity index (χ0v) is 14.2. The van der Waals surface area contributed by atoms with Crippen LogP contribution < -0.4 is 5.32 Å². The van der Waals surface area contributed by atoms with E-state index >= 15 is 0 Å². The highest BCUT2D eigenvalue weighted by Gasteiger charge is 2.33. The van der Waals surface area contributed by atoms with Crippen molar-refractivity contribution in [2.75, 3.05) is 25.0 Å². The number of anilines is 1. The van der Waals surface area contributed by atoms with E-state index in [9.17, 15) is 18.0 Å². The van der Waals surface area contributed by atoms with Gasteiger partial charge in [-0.15, -0.1) is 0 Å². The highest BCUT2D eigenvalue weighted by atomic mass is 35.5. The molecule has 0 aliphatic carbocycles. The number of hydrogen-bond donors (Lipinski definition) is 1. The number of ether oxygens (including phenoxy) is 1. The third-order valence-electron chi connectivity index (χ3n) is 3.71. The van der Waals surface area contributed by atoms with Gasteiger partial charge in [-0.25, -0.2) is 0 Å². The van der Waals surface area contributed by atoms with Gasteiger partial charge < -0.3 is 10.1 Å². The monoisotopic (exact) mass is 364 g/mol. The van der Waals surface area contributed by atoms with Gasteiger partial charge in [0.15, 0.2) is 0 Å². The van der Waals surface area contributed by atoms with Gasteiger partial charge >= 0.3 is 6.18 Å². The lowest BCUT2D eigenvalue weighted by Gasteiger charge is -2.35. The zero-order chi connectivity index (χ0) is 17.9. The third-order valence-corrected chi connectivity index (χ3v) is 4.04. The Morgan fingerprint density at radius 3 is 2.54 bits per heavy atom. The summed E-state index contributed by atoms with van der Waals surface area (Å²) in [4.78, 5) is 14.1. The Kier molecular flexibility index (Phi) is 6.11. The molecule has 1 saturated heterocycles. The molecule has 8 heteroatoms. The summed E-state index contributed by atoms with van der Waals surface area (Å²) in [6.45, 7) is 5.93. The molecule has 1 aromatic carbocycles. The molecule has 0 spiro atoms. The van der Waals surface area contributed by atoms with Crippen molar-refractivity contribution in [2.45, 2.75) is 38.7 Å². The molecule has 1 aliphatic rings. The fourth-order valence-electron chi connectivity index (χ4n) is 2.77. The van der Waals surface area contributed by atoms with Crippen molar-refractivity contribution in [3.63, 3.8) is 0 Å². The molecular weight excluding hydrogens is 345 g/mol. The molecule has 24 heavy (non-hydrogen) atoms. The summed E-state index contributed by atoms with van der Waals surface area (Å²) in [6, 6.07) is 3.33. The van der Waals surface area contributed by atoms with Crippen LogP contribution in [0, 0.1) is 0 Å². The maximum atomic E-state index is 12.8. The average Bonchev–Trinajstić information content (AvgIpc) is 2.45. The van der Waals surface area contributed by atoms with E-state index in [1.165, 1.54) is 6.07 Å². The number of halogens is 4. The molecule has 2 unspecified atom stereocenters. The van der Waals surface area contributed by atoms with E-state index in [1.54, 1.807) is 0 Å². The number of carbonyl (C=O) groups excluding carboxylic acids is 1. The second kappa shape index (κ2) is 7.72. The predicted octanol–water partition coefficient (Wildman–Crippen LogP) is 3.80. The molecule has 0 saturated carbocycles. The normalized spacial score (nSPS) is 22.4. The third kappa shape index (κ3) is 5.36. The molecule has 0 radical (unpaired) electrons. The van der Waals surface area contributed by atoms with E-state index in [0.717, 1.165) is 25.2 Å². The van der Waals surface area contributed by atoms with Crippen molar-refractivity contribution < 1.29 is 22.7 Å². The Hall–Kier alpha value is -1.31. The first kappa shape index (κ1) is 19.0. The van der Waals surface area contributed by atoms with Gasteiger partial charge in [0.05, 0.1) is 22.8 Å². The van der Waals surface area contributed by atoms with E-state index in [0.29, 0.717) is 6.54 Å². The number of benzene rings is 1. The highest BCUT2D eigenvalue weighted by Crippen LogP contribution is 2.36. The van der Waals surface area contributed by atoms with Crippen molar-refractivity contribution in [3.05, 3.63) is 28.8 Å². The molecule has 2 atom stereocenters. The Labute approximate surface area is 143 Å². The summed E-state index contributed by atoms with van der Waals surface area (Å²) >= 11 is 5.56. The number of amides is 1. The molecule has 0 bridgehead atoms. The van der Waals surface area contributed by atoms with Crippen LogP contribution in [0.15, 0.2) is 18.2 Å². The maximum absolute atomic E-state index is 12.8. The number of rotatable bonds is 4. The number of nitrogens with zero attached hydrogens (tertiary/aromatic N) is 1. The molecule has 1 N–H and O–H groups in total. The van der Waals surface area contributed by atoms with Crippen LogP contribution in [0.25, 0.3) is 0 Å². The predicted molar refractivity (Wildman–Crippen MR) is 86.1 cm³/mol. The zero-order valence-electron chi connectivity index (χ0n) is 13.5. The summed E-state index contributed by atoms with van der Waals surface area (Å²) < 4.78 is 44.1. The van der Waals surface area contributed by atoms with Gasteiger partial charge in [0.25, 0.3) is 0 Å². The number of hydrogen-bond acceptors (Lipinski definition) is 3. The molecule has 0 aromatic heterocycles. The van der Waals surface area contributed by atoms with Crippen LogP contribution in [-0.4, -0.2) is 42.6 Å². The first-order valence-corrected chi connectivity index (χ1v) is 8.07. The van der Waals surface area contributed by atoms with Crippen LogP contribution in [0.3, 0.4) is 0 Å². The lowest BCUT2D eigenvalue weighted by molar-refractivity contribution is -0.137. The fourth-order valence-corrected chi connectivity index (χ4v) is 3.00. The Morgan fingerprint density at radius 1 is 1.33 bits per heavy atom. The summed E-state index contributed by atoms with van der Waals surface area (Å²) in [5.74, 6) is -0.336. The van der Waals surface area contributed by atoms with Gasteiger partial charge in [-0.05, 0) is 32.0 Å². The first-order chi connectivity index (χ1) is 11.1. The van der Waals surface area contributed by atoms with Gasteiger partial charge in [-0.3, -0.25) is 9.69 Å². The summed E-state index contributed by atoms with van der Waals surface area (Å²) in [5.41, 5.74) is -0.877. The number of nitrogens with one attached hydrogen (secondary N) is 1. The maximum Gasteiger partial charge on any atom is 0.417 e. The smallest absolute Gasteiger partial charge is 0.373 e. The summed E-state index contributed by atoms with van der Waals surface area (Å²) in [7, 11) is 0. The van der Waals surface area contributed by atoms with Crippen LogP contribution in [0.5, 0.6) is 0 Å². The number of morpholine rings is 1. The minimum atomic E-state index is -4.56. The number of carbonyl (C=O) groups is 1. The summed E-state index contributed by atoms with van der Waals surface area (Å²) in [6.07, 6.45) is -4.16. The second-order valence-electron chi connectivity index (χ2n) is 6.01. The molecular formula is C16H20ClF3N2O2. The van der Waals surface area contributed by atoms with Crippen molar-refractivity contribution in [3.8, 4) is 0 Å². The lowest BCUT2D eigenvalue weighted by Crippen LogP contribution is -2.46. The van der Waals surface area contributed by atoms with Crippen molar-refractivity contribution in [1.82, 2.24) is 4.90 Å². The SMILES string of the molecule is CC1CN(CCC(=O)Nc2ccc(Cl)c(C(F)(F)F)c2)CC(C)O1. The molecule has 1 heterocycles. The van der Waals surface area contributed by atoms with Crippen LogP contribution in [0.4, 0.5) is 18.9 Å². The van der Waals surface area contributed by atoms with Crippen molar-refractivity contribution in [2.24, 2.45) is 0 Å². The molecule has 1 fully saturated rings. The van der Waals surface area contributed by atoms with Gasteiger partial charge in [0.1, 0.15) is 0 Å². The van der Waals surface area contributed by atoms with Gasteiger partial charge in [-0.2, -0.15) is 13.2 Å². The van der Waals surface area contributed by atoms with Gasteiger partial charge in [0.2, 0.25) is 5.91 Å². The summed E-state index contributed by atoms with van der Waals surface area (Å²) in [5, 5.41) is 2.10. The van der Waals surface area contributed by atoms with Crippen molar-refractivity contribution in [1.29, 1.82) is 0 Å². The lowest BCUT2D eigenvalue weighted by atomic mass is 10.2. The molecule has 1 amide bonds. The van der Waals surface area contributed by atoms with Crippen LogP contribution >= 0.6 is 11.6 Å². The Balaban J connectivity index is 1.91. The molecule has 2 rings (SSSR count). The minimum absolute atomic E-state index is 0.0837. The van der Waals surface area contributed by atoms with E-state index in [4.69, 9.17) is 16.3 Å². The van der Waals surface area contributed by atoms with Crippen LogP contribution in [0.2, 0.25) is 5.02 Å². The molecule has 1 aliphatic heterocycles. The number of alkyl halides is 3. The van der Waals surface area contributed by atoms with E-state index < -0.39 is 16.8 Å². The van der Waals surface area contributed by atoms with E-state index in [2.05, 4.69) is 10.2 Å². The highest BCUT2D eigenvalue weighted by molar-refractivity contribution is 6.31. The molecule has 134 valence electrons. The second-order valence-corrected chi connectivity index (χ2v) is 6.41. The molecule has 1 aromatic rings. The topological polar surface area (TPSA) is 41.6 Å². The van der Waals surface area contributed by atoms with Gasteiger partial charge in [0, 0.05) is 31.7 Å². The Morgan fingerprint density at radius 2 is 1.96 bits per heavy atom. The average molecular weight is 365 g/mol. The standard InChI is InChI=1S/C16H20ClF3N2O2/c1-10-8-22(9-11(2)24-10)6-5-15(23)21-12-3-4-14(17)13(7-12)16(18,19)20/h3-4,7,10-11H,5-6,8-9H2,1-2H3,(H,21,23). The first-order valence-electron chi connectivity index (χ1n) is 7.69. The van der Waals surface area contributed by atoms with E-state index in [-0.39, 0.29) is 30.2 Å². The van der Waals surface area contributed by atoms with E-state index in [1.807, 2.05) is 13.8 Å². The van der Waals surface area contributed by atoms with Crippen LogP contribution in [0.1, 0.15) is 25.8 Å². The minimum Gasteiger partial charge on any atom is -0.373 e.